The van der Waals surface area contributed by atoms with Crippen LogP contribution in [-0.4, -0.2) is 82.8 Å². The van der Waals surface area contributed by atoms with Crippen molar-refractivity contribution < 1.29 is 28.6 Å². The lowest BCUT2D eigenvalue weighted by atomic mass is 9.60. The largest absolute Gasteiger partial charge is 0.391 e. The zero-order valence-corrected chi connectivity index (χ0v) is 19.7. The number of hydrogen-bond acceptors (Lipinski definition) is 7. The van der Waals surface area contributed by atoms with Crippen LogP contribution in [0.4, 0.5) is 4.39 Å². The highest BCUT2D eigenvalue weighted by Crippen LogP contribution is 2.47. The van der Waals surface area contributed by atoms with Crippen LogP contribution < -0.4 is 16.0 Å². The minimum Gasteiger partial charge on any atom is -0.391 e. The van der Waals surface area contributed by atoms with Crippen LogP contribution in [0, 0.1) is 0 Å². The first-order valence-corrected chi connectivity index (χ1v) is 12.9. The molecule has 0 spiro atoms. The van der Waals surface area contributed by atoms with Gasteiger partial charge in [0.25, 0.3) is 0 Å². The third kappa shape index (κ3) is 5.70. The van der Waals surface area contributed by atoms with E-state index in [0.29, 0.717) is 44.9 Å². The van der Waals surface area contributed by atoms with Gasteiger partial charge in [-0.15, -0.1) is 23.4 Å². The lowest BCUT2D eigenvalue weighted by molar-refractivity contribution is -0.141. The summed E-state index contributed by atoms with van der Waals surface area (Å²) >= 11 is 7.53. The monoisotopic (exact) mass is 493 g/mol. The van der Waals surface area contributed by atoms with Gasteiger partial charge in [-0.05, 0) is 44.9 Å². The van der Waals surface area contributed by atoms with Crippen molar-refractivity contribution in [2.75, 3.05) is 25.5 Å². The van der Waals surface area contributed by atoms with Crippen LogP contribution in [0.1, 0.15) is 51.4 Å². The van der Waals surface area contributed by atoms with Crippen LogP contribution in [0.2, 0.25) is 0 Å². The molecule has 4 aliphatic carbocycles. The lowest BCUT2D eigenvalue weighted by Crippen LogP contribution is -2.70. The minimum atomic E-state index is -1.11. The number of carbonyl (C=O) groups excluding carboxylic acids is 2. The van der Waals surface area contributed by atoms with Crippen molar-refractivity contribution in [2.24, 2.45) is 0 Å². The van der Waals surface area contributed by atoms with E-state index in [0.717, 1.165) is 12.3 Å². The fraction of sp³-hybridized carbons (Fsp3) is 0.905. The number of amides is 2. The van der Waals surface area contributed by atoms with Crippen molar-refractivity contribution in [3.05, 3.63) is 0 Å². The van der Waals surface area contributed by atoms with E-state index in [9.17, 15) is 19.1 Å². The zero-order valence-electron chi connectivity index (χ0n) is 18.1. The lowest BCUT2D eigenvalue weighted by Gasteiger charge is -2.56. The van der Waals surface area contributed by atoms with Gasteiger partial charge in [0.15, 0.2) is 5.56 Å². The van der Waals surface area contributed by atoms with Crippen LogP contribution in [-0.2, 0) is 19.1 Å². The maximum absolute atomic E-state index is 13.8. The highest BCUT2D eigenvalue weighted by Gasteiger charge is 2.55. The highest BCUT2D eigenvalue weighted by molar-refractivity contribution is 7.99. The SMILES string of the molecule is O=C(COC1NCCS1)NC12CCC(NC(=O)COC3CCC(Cl)C(F)C3)(CC1)[C@@H](O)C2. The molecule has 5 aliphatic rings. The average Bonchev–Trinajstić information content (AvgIpc) is 3.28. The second-order valence-corrected chi connectivity index (χ2v) is 11.2. The van der Waals surface area contributed by atoms with E-state index in [1.807, 2.05) is 0 Å². The molecule has 0 aromatic rings. The summed E-state index contributed by atoms with van der Waals surface area (Å²) in [6.45, 7) is 0.690. The quantitative estimate of drug-likeness (QED) is 0.376. The van der Waals surface area contributed by atoms with Gasteiger partial charge in [0.05, 0.1) is 23.1 Å². The number of aliphatic hydroxyl groups is 1. The van der Waals surface area contributed by atoms with E-state index in [1.165, 1.54) is 0 Å². The molecule has 2 amide bonds. The predicted molar refractivity (Wildman–Crippen MR) is 119 cm³/mol. The summed E-state index contributed by atoms with van der Waals surface area (Å²) in [4.78, 5) is 25.0. The molecule has 0 aromatic carbocycles. The molecule has 32 heavy (non-hydrogen) atoms. The predicted octanol–water partition coefficient (Wildman–Crippen LogP) is 1.19. The van der Waals surface area contributed by atoms with Crippen LogP contribution >= 0.6 is 23.4 Å². The molecular weight excluding hydrogens is 461 g/mol. The number of rotatable bonds is 8. The van der Waals surface area contributed by atoms with Crippen molar-refractivity contribution in [3.8, 4) is 0 Å². The molecule has 2 bridgehead atoms. The van der Waals surface area contributed by atoms with Crippen molar-refractivity contribution in [2.45, 2.75) is 91.8 Å². The van der Waals surface area contributed by atoms with E-state index in [1.54, 1.807) is 11.8 Å². The Balaban J connectivity index is 1.22. The minimum absolute atomic E-state index is 0.0207. The number of alkyl halides is 2. The average molecular weight is 494 g/mol. The molecule has 1 saturated heterocycles. The van der Waals surface area contributed by atoms with Crippen molar-refractivity contribution in [3.63, 3.8) is 0 Å². The molecule has 0 aromatic heterocycles. The molecule has 4 unspecified atom stereocenters. The van der Waals surface area contributed by atoms with Crippen molar-refractivity contribution in [1.29, 1.82) is 0 Å². The molecule has 182 valence electrons. The topological polar surface area (TPSA) is 109 Å². The van der Waals surface area contributed by atoms with Gasteiger partial charge in [0.1, 0.15) is 19.4 Å². The molecule has 4 N–H and O–H groups in total. The Labute approximate surface area is 197 Å². The van der Waals surface area contributed by atoms with Gasteiger partial charge < -0.3 is 25.2 Å². The van der Waals surface area contributed by atoms with Crippen LogP contribution in [0.5, 0.6) is 0 Å². The standard InChI is InChI=1S/C21H33ClFN3O5S/c22-14-2-1-13(9-15(14)23)30-11-18(29)26-21-5-3-20(4-6-21,10-16(21)27)25-17(28)12-31-19-24-7-8-32-19/h13-16,19,24,27H,1-12H2,(H,25,28)(H,26,29)/t13?,14?,15?,16-,19?,20?,21?/m0/s1. The molecule has 5 rings (SSSR count). The number of fused-ring (bicyclic) bond motifs is 3. The van der Waals surface area contributed by atoms with E-state index >= 15 is 0 Å². The highest BCUT2D eigenvalue weighted by atomic mass is 35.5. The number of thioether (sulfide) groups is 1. The van der Waals surface area contributed by atoms with Gasteiger partial charge in [-0.2, -0.15) is 0 Å². The fourth-order valence-corrected chi connectivity index (χ4v) is 6.43. The van der Waals surface area contributed by atoms with Gasteiger partial charge in [0, 0.05) is 24.3 Å². The summed E-state index contributed by atoms with van der Waals surface area (Å²) in [7, 11) is 0. The summed E-state index contributed by atoms with van der Waals surface area (Å²) in [5, 5.41) is 19.6. The number of carbonyl (C=O) groups is 2. The van der Waals surface area contributed by atoms with E-state index in [4.69, 9.17) is 21.1 Å². The fourth-order valence-electron chi connectivity index (χ4n) is 5.36. The van der Waals surface area contributed by atoms with Gasteiger partial charge in [0.2, 0.25) is 11.8 Å². The Morgan fingerprint density at radius 1 is 1.12 bits per heavy atom. The molecule has 1 heterocycles. The van der Waals surface area contributed by atoms with Crippen LogP contribution in [0.25, 0.3) is 0 Å². The second kappa shape index (κ2) is 10.3. The Morgan fingerprint density at radius 3 is 2.50 bits per heavy atom. The van der Waals surface area contributed by atoms with Crippen molar-refractivity contribution in [1.82, 2.24) is 16.0 Å². The molecule has 5 fully saturated rings. The van der Waals surface area contributed by atoms with Crippen LogP contribution in [0.15, 0.2) is 0 Å². The summed E-state index contributed by atoms with van der Waals surface area (Å²) in [5.74, 6) is 0.476. The Bertz CT molecular complexity index is 690. The molecule has 11 heteroatoms. The maximum Gasteiger partial charge on any atom is 0.246 e. The van der Waals surface area contributed by atoms with E-state index < -0.39 is 28.7 Å². The third-order valence-corrected chi connectivity index (χ3v) is 8.79. The molecule has 0 radical (unpaired) electrons. The first-order chi connectivity index (χ1) is 15.3. The Kier molecular flexibility index (Phi) is 7.89. The number of aliphatic hydroxyl groups excluding tert-OH is 1. The molecule has 4 saturated carbocycles. The van der Waals surface area contributed by atoms with E-state index in [-0.39, 0.29) is 43.1 Å². The smallest absolute Gasteiger partial charge is 0.246 e. The summed E-state index contributed by atoms with van der Waals surface area (Å²) in [6, 6.07) is 0. The summed E-state index contributed by atoms with van der Waals surface area (Å²) in [5.41, 5.74) is -1.31. The number of ether oxygens (including phenoxy) is 2. The Hall–Kier alpha value is -0.650. The van der Waals surface area contributed by atoms with Crippen molar-refractivity contribution >= 4 is 35.2 Å². The molecular formula is C21H33ClFN3O5S. The molecule has 8 nitrogen and oxygen atoms in total. The molecule has 1 aliphatic heterocycles. The number of hydrogen-bond donors (Lipinski definition) is 4. The Morgan fingerprint density at radius 2 is 1.84 bits per heavy atom. The van der Waals surface area contributed by atoms with Crippen LogP contribution in [0.3, 0.4) is 0 Å². The van der Waals surface area contributed by atoms with Gasteiger partial charge in [-0.25, -0.2) is 4.39 Å². The summed E-state index contributed by atoms with van der Waals surface area (Å²) in [6.07, 6.45) is 2.08. The number of nitrogens with one attached hydrogen (secondary N) is 3. The first kappa shape index (κ1) is 24.5. The second-order valence-electron chi connectivity index (χ2n) is 9.50. The van der Waals surface area contributed by atoms with Gasteiger partial charge >= 0.3 is 0 Å². The zero-order chi connectivity index (χ0) is 22.8. The molecule has 5 atom stereocenters. The van der Waals surface area contributed by atoms with E-state index in [2.05, 4.69) is 16.0 Å². The maximum atomic E-state index is 13.8. The summed E-state index contributed by atoms with van der Waals surface area (Å²) < 4.78 is 24.9. The first-order valence-electron chi connectivity index (χ1n) is 11.5. The normalized spacial score (nSPS) is 41.4. The van der Waals surface area contributed by atoms with Gasteiger partial charge in [-0.3, -0.25) is 14.9 Å². The third-order valence-electron chi connectivity index (χ3n) is 7.26. The number of halogens is 2. The van der Waals surface area contributed by atoms with Gasteiger partial charge in [-0.1, -0.05) is 0 Å².